The first kappa shape index (κ1) is 15.6. The van der Waals surface area contributed by atoms with E-state index in [0.29, 0.717) is 24.2 Å². The molecule has 0 radical (unpaired) electrons. The molecule has 6 nitrogen and oxygen atoms in total. The zero-order valence-electron chi connectivity index (χ0n) is 14.2. The maximum Gasteiger partial charge on any atom is 0.228 e. The predicted octanol–water partition coefficient (Wildman–Crippen LogP) is 3.62. The molecule has 25 heavy (non-hydrogen) atoms. The minimum atomic E-state index is 0.0571. The minimum absolute atomic E-state index is 0.0571. The van der Waals surface area contributed by atoms with Crippen LogP contribution in [0, 0.1) is 11.8 Å². The highest BCUT2D eigenvalue weighted by Crippen LogP contribution is 2.38. The van der Waals surface area contributed by atoms with E-state index in [9.17, 15) is 4.79 Å². The van der Waals surface area contributed by atoms with Crippen molar-refractivity contribution in [3.05, 3.63) is 36.7 Å². The zero-order valence-corrected chi connectivity index (χ0v) is 14.2. The first-order chi connectivity index (χ1) is 12.1. The van der Waals surface area contributed by atoms with E-state index >= 15 is 0 Å². The number of H-pyrrole nitrogens is 1. The molecule has 0 saturated heterocycles. The van der Waals surface area contributed by atoms with Crippen molar-refractivity contribution in [3.63, 3.8) is 0 Å². The average molecular weight is 336 g/mol. The number of ether oxygens (including phenoxy) is 1. The quantitative estimate of drug-likeness (QED) is 0.746. The van der Waals surface area contributed by atoms with Gasteiger partial charge < -0.3 is 15.0 Å². The molecule has 0 spiro atoms. The van der Waals surface area contributed by atoms with Gasteiger partial charge in [0.1, 0.15) is 5.82 Å². The first-order valence-electron chi connectivity index (χ1n) is 8.53. The third kappa shape index (κ3) is 3.20. The topological polar surface area (TPSA) is 79.9 Å². The highest BCUT2D eigenvalue weighted by atomic mass is 16.5. The number of anilines is 1. The summed E-state index contributed by atoms with van der Waals surface area (Å²) in [5.41, 5.74) is 2.88. The molecule has 0 bridgehead atoms. The summed E-state index contributed by atoms with van der Waals surface area (Å²) in [5.74, 6) is 1.84. The second kappa shape index (κ2) is 6.20. The molecule has 6 heteroatoms. The van der Waals surface area contributed by atoms with Crippen molar-refractivity contribution < 1.29 is 9.53 Å². The highest BCUT2D eigenvalue weighted by Gasteiger charge is 2.39. The number of hydrogen-bond acceptors (Lipinski definition) is 4. The molecule has 0 aliphatic heterocycles. The molecular formula is C19H20N4O2. The fourth-order valence-electron chi connectivity index (χ4n) is 2.96. The van der Waals surface area contributed by atoms with Crippen molar-refractivity contribution >= 4 is 22.6 Å². The molecular weight excluding hydrogens is 316 g/mol. The normalized spacial score (nSPS) is 19.0. The second-order valence-electron chi connectivity index (χ2n) is 6.46. The molecule has 4 rings (SSSR count). The smallest absolute Gasteiger partial charge is 0.228 e. The molecule has 1 aliphatic rings. The van der Waals surface area contributed by atoms with E-state index in [0.717, 1.165) is 28.6 Å². The van der Waals surface area contributed by atoms with Gasteiger partial charge in [0.2, 0.25) is 11.8 Å². The van der Waals surface area contributed by atoms with Crippen molar-refractivity contribution in [1.82, 2.24) is 15.0 Å². The maximum atomic E-state index is 12.1. The molecule has 0 unspecified atom stereocenters. The van der Waals surface area contributed by atoms with Gasteiger partial charge in [-0.15, -0.1) is 0 Å². The summed E-state index contributed by atoms with van der Waals surface area (Å²) in [4.78, 5) is 24.0. The fraction of sp³-hybridized carbons (Fsp3) is 0.316. The summed E-state index contributed by atoms with van der Waals surface area (Å²) in [6.07, 6.45) is 4.46. The van der Waals surface area contributed by atoms with Gasteiger partial charge in [0, 0.05) is 47.1 Å². The van der Waals surface area contributed by atoms with Gasteiger partial charge in [0.15, 0.2) is 0 Å². The van der Waals surface area contributed by atoms with Gasteiger partial charge in [-0.05, 0) is 31.4 Å². The zero-order chi connectivity index (χ0) is 17.4. The lowest BCUT2D eigenvalue weighted by Crippen LogP contribution is -2.15. The fourth-order valence-corrected chi connectivity index (χ4v) is 2.96. The van der Waals surface area contributed by atoms with Crippen LogP contribution in [0.15, 0.2) is 36.7 Å². The number of aromatic amines is 1. The summed E-state index contributed by atoms with van der Waals surface area (Å²) in [7, 11) is 0. The van der Waals surface area contributed by atoms with E-state index in [4.69, 9.17) is 4.74 Å². The predicted molar refractivity (Wildman–Crippen MR) is 96.4 cm³/mol. The summed E-state index contributed by atoms with van der Waals surface area (Å²) in [6.45, 7) is 4.60. The maximum absolute atomic E-state index is 12.1. The van der Waals surface area contributed by atoms with Crippen LogP contribution in [0.3, 0.4) is 0 Å². The molecule has 1 saturated carbocycles. The largest absolute Gasteiger partial charge is 0.478 e. The van der Waals surface area contributed by atoms with E-state index in [2.05, 4.69) is 27.2 Å². The van der Waals surface area contributed by atoms with Crippen LogP contribution in [0.2, 0.25) is 0 Å². The van der Waals surface area contributed by atoms with Gasteiger partial charge in [-0.1, -0.05) is 6.92 Å². The second-order valence-corrected chi connectivity index (χ2v) is 6.46. The molecule has 3 heterocycles. The number of fused-ring (bicyclic) bond motifs is 1. The van der Waals surface area contributed by atoms with Gasteiger partial charge in [-0.2, -0.15) is 0 Å². The van der Waals surface area contributed by atoms with Crippen LogP contribution >= 0.6 is 0 Å². The number of carbonyl (C=O) groups is 1. The monoisotopic (exact) mass is 336 g/mol. The molecule has 1 fully saturated rings. The van der Waals surface area contributed by atoms with E-state index in [1.165, 1.54) is 0 Å². The Hall–Kier alpha value is -2.89. The molecule has 128 valence electrons. The number of aromatic nitrogens is 3. The van der Waals surface area contributed by atoms with Crippen LogP contribution in [-0.4, -0.2) is 27.5 Å². The SMILES string of the molecule is CCOc1cc(-c2cc3cnc(NC(=O)[C@H]4C[C@@H]4C)cc3[nH]2)ccn1. The first-order valence-corrected chi connectivity index (χ1v) is 8.53. The molecule has 1 aliphatic carbocycles. The van der Waals surface area contributed by atoms with Gasteiger partial charge >= 0.3 is 0 Å². The highest BCUT2D eigenvalue weighted by molar-refractivity contribution is 5.95. The van der Waals surface area contributed by atoms with Crippen LogP contribution in [-0.2, 0) is 4.79 Å². The Morgan fingerprint density at radius 1 is 1.36 bits per heavy atom. The van der Waals surface area contributed by atoms with Crippen molar-refractivity contribution in [2.24, 2.45) is 11.8 Å². The molecule has 2 N–H and O–H groups in total. The number of hydrogen-bond donors (Lipinski definition) is 2. The number of pyridine rings is 2. The molecule has 3 aromatic heterocycles. The Bertz CT molecular complexity index is 934. The third-order valence-electron chi connectivity index (χ3n) is 4.54. The van der Waals surface area contributed by atoms with Gasteiger partial charge in [-0.3, -0.25) is 4.79 Å². The third-order valence-corrected chi connectivity index (χ3v) is 4.54. The Labute approximate surface area is 145 Å². The number of amides is 1. The van der Waals surface area contributed by atoms with Crippen LogP contribution in [0.5, 0.6) is 5.88 Å². The van der Waals surface area contributed by atoms with Crippen molar-refractivity contribution in [2.45, 2.75) is 20.3 Å². The molecule has 1 amide bonds. The Kier molecular flexibility index (Phi) is 3.87. The lowest BCUT2D eigenvalue weighted by atomic mass is 10.2. The van der Waals surface area contributed by atoms with Crippen molar-refractivity contribution in [3.8, 4) is 17.1 Å². The Morgan fingerprint density at radius 3 is 2.96 bits per heavy atom. The lowest BCUT2D eigenvalue weighted by Gasteiger charge is -2.03. The van der Waals surface area contributed by atoms with Crippen LogP contribution in [0.4, 0.5) is 5.82 Å². The number of nitrogens with zero attached hydrogens (tertiary/aromatic N) is 2. The van der Waals surface area contributed by atoms with Crippen molar-refractivity contribution in [2.75, 3.05) is 11.9 Å². The molecule has 2 atom stereocenters. The van der Waals surface area contributed by atoms with E-state index < -0.39 is 0 Å². The van der Waals surface area contributed by atoms with Gasteiger partial charge in [-0.25, -0.2) is 9.97 Å². The Morgan fingerprint density at radius 2 is 2.20 bits per heavy atom. The van der Waals surface area contributed by atoms with E-state index in [-0.39, 0.29) is 11.8 Å². The van der Waals surface area contributed by atoms with Crippen LogP contribution in [0.25, 0.3) is 22.2 Å². The van der Waals surface area contributed by atoms with E-state index in [1.807, 2.05) is 31.2 Å². The summed E-state index contributed by atoms with van der Waals surface area (Å²) >= 11 is 0. The summed E-state index contributed by atoms with van der Waals surface area (Å²) in [5, 5.41) is 3.89. The number of carbonyl (C=O) groups excluding carboxylic acids is 1. The lowest BCUT2D eigenvalue weighted by molar-refractivity contribution is -0.117. The van der Waals surface area contributed by atoms with Gasteiger partial charge in [0.05, 0.1) is 12.1 Å². The summed E-state index contributed by atoms with van der Waals surface area (Å²) < 4.78 is 5.46. The average Bonchev–Trinajstić information content (AvgIpc) is 3.18. The number of rotatable bonds is 5. The number of nitrogens with one attached hydrogen (secondary N) is 2. The minimum Gasteiger partial charge on any atom is -0.478 e. The molecule has 3 aromatic rings. The van der Waals surface area contributed by atoms with Crippen LogP contribution in [0.1, 0.15) is 20.3 Å². The molecule has 0 aromatic carbocycles. The Balaban J connectivity index is 1.59. The van der Waals surface area contributed by atoms with Gasteiger partial charge in [0.25, 0.3) is 0 Å². The summed E-state index contributed by atoms with van der Waals surface area (Å²) in [6, 6.07) is 7.73. The van der Waals surface area contributed by atoms with Crippen LogP contribution < -0.4 is 10.1 Å². The standard InChI is InChI=1S/C19H20N4O2/c1-3-25-18-8-12(4-5-20-18)15-7-13-10-21-17(9-16(13)22-15)23-19(24)14-6-11(14)2/h4-5,7-11,14,22H,3,6H2,1-2H3,(H,21,23,24)/t11-,14-/m0/s1. The van der Waals surface area contributed by atoms with E-state index in [1.54, 1.807) is 12.4 Å². The van der Waals surface area contributed by atoms with Crippen molar-refractivity contribution in [1.29, 1.82) is 0 Å².